The molecule has 0 aliphatic rings. The minimum atomic E-state index is -2.13. The Morgan fingerprint density at radius 1 is 1.53 bits per heavy atom. The second-order valence-corrected chi connectivity index (χ2v) is 4.97. The van der Waals surface area contributed by atoms with Crippen LogP contribution < -0.4 is 10.2 Å². The maximum atomic E-state index is 11.6. The number of nitrogens with zero attached hydrogens (tertiary/aromatic N) is 1. The van der Waals surface area contributed by atoms with E-state index < -0.39 is 18.9 Å². The molecule has 0 heterocycles. The summed E-state index contributed by atoms with van der Waals surface area (Å²) in [4.78, 5) is 20.4. The van der Waals surface area contributed by atoms with Crippen LogP contribution in [0.5, 0.6) is 0 Å². The lowest BCUT2D eigenvalue weighted by atomic mass is 10.4. The molecule has 0 aliphatic carbocycles. The maximum Gasteiger partial charge on any atom is 0.351 e. The van der Waals surface area contributed by atoms with Gasteiger partial charge in [0.2, 0.25) is 7.94 Å². The zero-order valence-corrected chi connectivity index (χ0v) is 9.57. The van der Waals surface area contributed by atoms with Gasteiger partial charge in [-0.15, -0.1) is 0 Å². The van der Waals surface area contributed by atoms with Crippen LogP contribution in [0.1, 0.15) is 6.92 Å². The normalized spacial score (nSPS) is 15.8. The van der Waals surface area contributed by atoms with Gasteiger partial charge in [-0.25, -0.2) is 4.79 Å². The van der Waals surface area contributed by atoms with Crippen molar-refractivity contribution in [3.8, 4) is 0 Å². The number of alkyl halides is 1. The van der Waals surface area contributed by atoms with Crippen molar-refractivity contribution in [1.29, 1.82) is 0 Å². The van der Waals surface area contributed by atoms with Crippen LogP contribution in [-0.2, 0) is 4.79 Å². The summed E-state index contributed by atoms with van der Waals surface area (Å²) in [5, 5.41) is 9.14. The van der Waals surface area contributed by atoms with Gasteiger partial charge in [-0.2, -0.15) is 0 Å². The predicted molar refractivity (Wildman–Crippen MR) is 57.3 cm³/mol. The first-order valence-corrected chi connectivity index (χ1v) is 5.70. The molecule has 6 heteroatoms. The van der Waals surface area contributed by atoms with Gasteiger partial charge in [-0.3, -0.25) is 0 Å². The lowest BCUT2D eigenvalue weighted by Crippen LogP contribution is -2.26. The molecule has 0 fully saturated rings. The van der Waals surface area contributed by atoms with E-state index in [9.17, 15) is 9.69 Å². The highest BCUT2D eigenvalue weighted by atomic mass is 35.5. The number of carbonyl (C=O) groups is 1. The first kappa shape index (κ1) is 12.1. The molecule has 15 heavy (non-hydrogen) atoms. The zero-order valence-electron chi connectivity index (χ0n) is 7.92. The Morgan fingerprint density at radius 3 is 2.53 bits per heavy atom. The fraction of sp³-hybridized carbons (Fsp3) is 0.222. The first-order chi connectivity index (χ1) is 6.93. The number of hydrogen-bond donors (Lipinski definition) is 1. The van der Waals surface area contributed by atoms with Crippen LogP contribution in [0.3, 0.4) is 0 Å². The third-order valence-corrected chi connectivity index (χ3v) is 3.33. The largest absolute Gasteiger partial charge is 0.607 e. The number of benzene rings is 1. The van der Waals surface area contributed by atoms with Gasteiger partial charge in [0.1, 0.15) is 0 Å². The molecule has 0 spiro atoms. The molecule has 80 valence electrons. The van der Waals surface area contributed by atoms with E-state index in [1.165, 1.54) is 6.92 Å². The van der Waals surface area contributed by atoms with E-state index in [2.05, 4.69) is 4.74 Å². The molecule has 0 radical (unpaired) electrons. The van der Waals surface area contributed by atoms with Crippen LogP contribution >= 0.6 is 19.5 Å². The number of halogens is 1. The summed E-state index contributed by atoms with van der Waals surface area (Å²) < 4.78 is 3.55. The number of hydrogen-bond acceptors (Lipinski definition) is 3. The van der Waals surface area contributed by atoms with Gasteiger partial charge in [-0.1, -0.05) is 34.5 Å². The summed E-state index contributed by atoms with van der Waals surface area (Å²) in [6.07, 6.45) is 0. The SMILES string of the molecule is C[C@](Cl)(/N=[P+](\[O-])c1ccccc1)C(=O)O. The highest BCUT2D eigenvalue weighted by Crippen LogP contribution is 2.26. The van der Waals surface area contributed by atoms with Crippen molar-refractivity contribution < 1.29 is 14.8 Å². The molecule has 0 aromatic heterocycles. The third kappa shape index (κ3) is 3.27. The summed E-state index contributed by atoms with van der Waals surface area (Å²) in [7, 11) is -2.13. The van der Waals surface area contributed by atoms with Crippen LogP contribution in [0, 0.1) is 0 Å². The number of rotatable bonds is 3. The molecule has 1 unspecified atom stereocenters. The Kier molecular flexibility index (Phi) is 3.80. The monoisotopic (exact) mass is 245 g/mol. The van der Waals surface area contributed by atoms with Gasteiger partial charge in [0.25, 0.3) is 5.00 Å². The molecule has 1 aromatic carbocycles. The zero-order chi connectivity index (χ0) is 11.5. The van der Waals surface area contributed by atoms with Crippen LogP contribution in [0.15, 0.2) is 35.1 Å². The number of carboxylic acid groups (broad SMARTS) is 1. The second-order valence-electron chi connectivity index (χ2n) is 2.97. The van der Waals surface area contributed by atoms with Gasteiger partial charge < -0.3 is 10.00 Å². The van der Waals surface area contributed by atoms with Crippen molar-refractivity contribution >= 4 is 30.8 Å². The molecule has 0 amide bonds. The van der Waals surface area contributed by atoms with Crippen molar-refractivity contribution in [3.63, 3.8) is 0 Å². The van der Waals surface area contributed by atoms with Crippen molar-refractivity contribution in [3.05, 3.63) is 30.3 Å². The highest BCUT2D eigenvalue weighted by molar-refractivity contribution is 7.48. The Labute approximate surface area is 93.1 Å². The van der Waals surface area contributed by atoms with Gasteiger partial charge >= 0.3 is 5.97 Å². The summed E-state index contributed by atoms with van der Waals surface area (Å²) in [5.74, 6) is -1.32. The highest BCUT2D eigenvalue weighted by Gasteiger charge is 2.33. The molecule has 0 bridgehead atoms. The molecule has 0 saturated carbocycles. The molecule has 0 aliphatic heterocycles. The number of carboxylic acids is 1. The Balaban J connectivity index is 3.00. The van der Waals surface area contributed by atoms with Crippen molar-refractivity contribution in [2.45, 2.75) is 11.9 Å². The van der Waals surface area contributed by atoms with Crippen LogP contribution in [-0.4, -0.2) is 16.1 Å². The molecule has 1 rings (SSSR count). The maximum absolute atomic E-state index is 11.6. The second kappa shape index (κ2) is 4.71. The first-order valence-electron chi connectivity index (χ1n) is 4.11. The summed E-state index contributed by atoms with van der Waals surface area (Å²) in [5.41, 5.74) is 0. The average molecular weight is 246 g/mol. The summed E-state index contributed by atoms with van der Waals surface area (Å²) in [6, 6.07) is 8.38. The number of aliphatic carboxylic acids is 1. The Bertz CT molecular complexity index is 392. The summed E-state index contributed by atoms with van der Waals surface area (Å²) in [6.45, 7) is 1.19. The van der Waals surface area contributed by atoms with E-state index in [0.717, 1.165) is 0 Å². The Morgan fingerprint density at radius 2 is 2.07 bits per heavy atom. The van der Waals surface area contributed by atoms with E-state index in [0.29, 0.717) is 5.30 Å². The predicted octanol–water partition coefficient (Wildman–Crippen LogP) is 1.29. The van der Waals surface area contributed by atoms with Gasteiger partial charge in [0, 0.05) is 0 Å². The van der Waals surface area contributed by atoms with Crippen molar-refractivity contribution in [2.75, 3.05) is 0 Å². The molecular formula is C9H9ClNO3P. The van der Waals surface area contributed by atoms with Gasteiger partial charge in [0.15, 0.2) is 5.30 Å². The molecule has 1 aromatic rings. The standard InChI is InChI=1S/C9H9ClNO3P/c1-9(10,8(12)13)11-15(14)7-5-3-2-4-6-7/h2-6H,1H3,(H,12,13)/t9-/m0/s1. The third-order valence-electron chi connectivity index (χ3n) is 1.65. The minimum absolute atomic E-state index is 0.459. The lowest BCUT2D eigenvalue weighted by Gasteiger charge is -2.07. The van der Waals surface area contributed by atoms with E-state index in [1.807, 2.05) is 0 Å². The quantitative estimate of drug-likeness (QED) is 0.495. The molecule has 1 N–H and O–H groups in total. The average Bonchev–Trinajstić information content (AvgIpc) is 2.18. The van der Waals surface area contributed by atoms with Crippen LogP contribution in [0.2, 0.25) is 0 Å². The van der Waals surface area contributed by atoms with E-state index in [1.54, 1.807) is 30.3 Å². The van der Waals surface area contributed by atoms with E-state index >= 15 is 0 Å². The Hall–Kier alpha value is -0.960. The van der Waals surface area contributed by atoms with Crippen molar-refractivity contribution in [2.24, 2.45) is 4.74 Å². The molecule has 2 atom stereocenters. The smallest absolute Gasteiger partial charge is 0.351 e. The summed E-state index contributed by atoms with van der Waals surface area (Å²) >= 11 is 5.57. The molecular weight excluding hydrogens is 237 g/mol. The minimum Gasteiger partial charge on any atom is -0.607 e. The van der Waals surface area contributed by atoms with E-state index in [-0.39, 0.29) is 0 Å². The fourth-order valence-corrected chi connectivity index (χ4v) is 2.00. The molecule has 4 nitrogen and oxygen atoms in total. The van der Waals surface area contributed by atoms with Crippen molar-refractivity contribution in [1.82, 2.24) is 0 Å². The van der Waals surface area contributed by atoms with E-state index in [4.69, 9.17) is 16.7 Å². The van der Waals surface area contributed by atoms with Gasteiger partial charge in [0.05, 0.1) is 0 Å². The van der Waals surface area contributed by atoms with Gasteiger partial charge in [-0.05, 0) is 19.1 Å². The fourth-order valence-electron chi connectivity index (χ4n) is 0.827. The topological polar surface area (TPSA) is 72.7 Å². The van der Waals surface area contributed by atoms with Crippen LogP contribution in [0.4, 0.5) is 0 Å². The lowest BCUT2D eigenvalue weighted by molar-refractivity contribution is -0.154. The molecule has 0 saturated heterocycles. The van der Waals surface area contributed by atoms with Crippen LogP contribution in [0.25, 0.3) is 0 Å².